The van der Waals surface area contributed by atoms with E-state index < -0.39 is 0 Å². The Bertz CT molecular complexity index is 842. The van der Waals surface area contributed by atoms with E-state index in [-0.39, 0.29) is 6.04 Å². The van der Waals surface area contributed by atoms with Gasteiger partial charge in [0.25, 0.3) is 5.88 Å². The van der Waals surface area contributed by atoms with E-state index in [4.69, 9.17) is 19.2 Å². The molecule has 4 heterocycles. The quantitative estimate of drug-likeness (QED) is 0.788. The van der Waals surface area contributed by atoms with Gasteiger partial charge in [-0.05, 0) is 55.9 Å². The Morgan fingerprint density at radius 3 is 2.82 bits per heavy atom. The number of likely N-dealkylation sites (tertiary alicyclic amines) is 1. The third kappa shape index (κ3) is 3.92. The third-order valence-electron chi connectivity index (χ3n) is 5.90. The van der Waals surface area contributed by atoms with E-state index in [0.29, 0.717) is 36.8 Å². The number of fused-ring (bicyclic) bond motifs is 1. The molecule has 0 amide bonds. The Morgan fingerprint density at radius 2 is 2.00 bits per heavy atom. The lowest BCUT2D eigenvalue weighted by atomic mass is 9.91. The Labute approximate surface area is 166 Å². The molecule has 4 rings (SSSR count). The second-order valence-corrected chi connectivity index (χ2v) is 7.97. The lowest BCUT2D eigenvalue weighted by molar-refractivity contribution is 0.162. The van der Waals surface area contributed by atoms with Crippen LogP contribution < -0.4 is 14.2 Å². The van der Waals surface area contributed by atoms with Gasteiger partial charge in [0.1, 0.15) is 13.2 Å². The van der Waals surface area contributed by atoms with Gasteiger partial charge in [0.2, 0.25) is 5.88 Å². The SMILES string of the molecule is COc1cc(CC2CN(C(C)c3ccc4c(n3)OCCO4)C[C@H]2C)cc(C)n1. The fraction of sp³-hybridized carbons (Fsp3) is 0.545. The first-order valence-electron chi connectivity index (χ1n) is 10.1. The Kier molecular flexibility index (Phi) is 5.40. The van der Waals surface area contributed by atoms with Gasteiger partial charge in [0.15, 0.2) is 5.75 Å². The normalized spacial score (nSPS) is 22.9. The lowest BCUT2D eigenvalue weighted by Gasteiger charge is -2.25. The molecule has 0 saturated carbocycles. The highest BCUT2D eigenvalue weighted by atomic mass is 16.6. The summed E-state index contributed by atoms with van der Waals surface area (Å²) in [7, 11) is 1.67. The summed E-state index contributed by atoms with van der Waals surface area (Å²) in [6.07, 6.45) is 1.04. The van der Waals surface area contributed by atoms with Crippen molar-refractivity contribution >= 4 is 0 Å². The number of methoxy groups -OCH3 is 1. The fourth-order valence-electron chi connectivity index (χ4n) is 4.25. The minimum absolute atomic E-state index is 0.247. The van der Waals surface area contributed by atoms with Gasteiger partial charge in [-0.3, -0.25) is 4.90 Å². The predicted octanol–water partition coefficient (Wildman–Crippen LogP) is 3.44. The number of hydrogen-bond acceptors (Lipinski definition) is 6. The van der Waals surface area contributed by atoms with E-state index in [1.54, 1.807) is 7.11 Å². The molecule has 0 radical (unpaired) electrons. The maximum Gasteiger partial charge on any atom is 0.257 e. The van der Waals surface area contributed by atoms with Crippen LogP contribution in [0.4, 0.5) is 0 Å². The molecule has 0 aromatic carbocycles. The number of rotatable bonds is 5. The zero-order valence-corrected chi connectivity index (χ0v) is 17.1. The number of aryl methyl sites for hydroxylation is 1. The molecule has 0 aliphatic carbocycles. The summed E-state index contributed by atoms with van der Waals surface area (Å²) >= 11 is 0. The Morgan fingerprint density at radius 1 is 1.18 bits per heavy atom. The average molecular weight is 383 g/mol. The highest BCUT2D eigenvalue weighted by molar-refractivity contribution is 5.36. The van der Waals surface area contributed by atoms with Crippen LogP contribution in [0.25, 0.3) is 0 Å². The molecule has 6 heteroatoms. The van der Waals surface area contributed by atoms with Gasteiger partial charge in [-0.1, -0.05) is 6.92 Å². The van der Waals surface area contributed by atoms with Gasteiger partial charge in [-0.2, -0.15) is 0 Å². The van der Waals surface area contributed by atoms with Crippen molar-refractivity contribution in [1.29, 1.82) is 0 Å². The summed E-state index contributed by atoms with van der Waals surface area (Å²) in [6.45, 7) is 9.88. The first-order valence-corrected chi connectivity index (χ1v) is 10.1. The molecule has 2 unspecified atom stereocenters. The number of hydrogen-bond donors (Lipinski definition) is 0. The van der Waals surface area contributed by atoms with Crippen LogP contribution in [0.2, 0.25) is 0 Å². The summed E-state index contributed by atoms with van der Waals surface area (Å²) in [6, 6.07) is 8.53. The smallest absolute Gasteiger partial charge is 0.257 e. The largest absolute Gasteiger partial charge is 0.484 e. The van der Waals surface area contributed by atoms with Gasteiger partial charge in [0, 0.05) is 30.9 Å². The zero-order valence-electron chi connectivity index (χ0n) is 17.1. The molecule has 0 bridgehead atoms. The summed E-state index contributed by atoms with van der Waals surface area (Å²) in [4.78, 5) is 11.6. The maximum atomic E-state index is 5.66. The van der Waals surface area contributed by atoms with Crippen LogP contribution in [0.5, 0.6) is 17.5 Å². The molecule has 2 aliphatic heterocycles. The van der Waals surface area contributed by atoms with Gasteiger partial charge in [-0.25, -0.2) is 9.97 Å². The van der Waals surface area contributed by atoms with Gasteiger partial charge in [0.05, 0.1) is 12.8 Å². The second-order valence-electron chi connectivity index (χ2n) is 7.97. The standard InChI is InChI=1S/C22H29N3O3/c1-14-12-25(13-18(14)10-17-9-15(2)23-21(11-17)26-4)16(3)19-5-6-20-22(24-19)28-8-7-27-20/h5-6,9,11,14,16,18H,7-8,10,12-13H2,1-4H3/t14-,16?,18?/m1/s1. The number of pyridine rings is 2. The van der Waals surface area contributed by atoms with Gasteiger partial charge >= 0.3 is 0 Å². The third-order valence-corrected chi connectivity index (χ3v) is 5.90. The molecular formula is C22H29N3O3. The van der Waals surface area contributed by atoms with Crippen molar-refractivity contribution in [1.82, 2.24) is 14.9 Å². The molecule has 2 aliphatic rings. The minimum atomic E-state index is 0.247. The van der Waals surface area contributed by atoms with Crippen molar-refractivity contribution in [2.24, 2.45) is 11.8 Å². The highest BCUT2D eigenvalue weighted by Crippen LogP contribution is 2.35. The Balaban J connectivity index is 1.45. The number of ether oxygens (including phenoxy) is 3. The van der Waals surface area contributed by atoms with Crippen molar-refractivity contribution in [3.63, 3.8) is 0 Å². The van der Waals surface area contributed by atoms with Gasteiger partial charge in [-0.15, -0.1) is 0 Å². The fourth-order valence-corrected chi connectivity index (χ4v) is 4.25. The second kappa shape index (κ2) is 7.95. The molecule has 2 aromatic heterocycles. The van der Waals surface area contributed by atoms with Crippen molar-refractivity contribution in [3.05, 3.63) is 41.2 Å². The number of nitrogens with zero attached hydrogens (tertiary/aromatic N) is 3. The monoisotopic (exact) mass is 383 g/mol. The van der Waals surface area contributed by atoms with Crippen molar-refractivity contribution in [2.45, 2.75) is 33.2 Å². The lowest BCUT2D eigenvalue weighted by Crippen LogP contribution is -2.26. The average Bonchev–Trinajstić information content (AvgIpc) is 3.06. The zero-order chi connectivity index (χ0) is 19.7. The van der Waals surface area contributed by atoms with Crippen LogP contribution in [0, 0.1) is 18.8 Å². The molecular weight excluding hydrogens is 354 g/mol. The van der Waals surface area contributed by atoms with Gasteiger partial charge < -0.3 is 14.2 Å². The van der Waals surface area contributed by atoms with Crippen LogP contribution >= 0.6 is 0 Å². The van der Waals surface area contributed by atoms with Crippen LogP contribution in [0.3, 0.4) is 0 Å². The van der Waals surface area contributed by atoms with Crippen LogP contribution in [0.1, 0.15) is 36.8 Å². The molecule has 1 fully saturated rings. The van der Waals surface area contributed by atoms with Crippen molar-refractivity contribution < 1.29 is 14.2 Å². The van der Waals surface area contributed by atoms with E-state index in [9.17, 15) is 0 Å². The van der Waals surface area contributed by atoms with Crippen molar-refractivity contribution in [3.8, 4) is 17.5 Å². The first kappa shape index (κ1) is 19.0. The maximum absolute atomic E-state index is 5.66. The molecule has 6 nitrogen and oxygen atoms in total. The van der Waals surface area contributed by atoms with Crippen LogP contribution in [-0.4, -0.2) is 48.3 Å². The summed E-state index contributed by atoms with van der Waals surface area (Å²) in [5.41, 5.74) is 3.34. The molecule has 28 heavy (non-hydrogen) atoms. The minimum Gasteiger partial charge on any atom is -0.484 e. The van der Waals surface area contributed by atoms with E-state index in [1.165, 1.54) is 5.56 Å². The summed E-state index contributed by atoms with van der Waals surface area (Å²) < 4.78 is 16.6. The summed E-state index contributed by atoms with van der Waals surface area (Å²) in [5.74, 6) is 3.30. The van der Waals surface area contributed by atoms with Crippen LogP contribution in [0.15, 0.2) is 24.3 Å². The highest BCUT2D eigenvalue weighted by Gasteiger charge is 2.33. The number of aromatic nitrogens is 2. The first-order chi connectivity index (χ1) is 13.5. The topological polar surface area (TPSA) is 56.7 Å². The predicted molar refractivity (Wildman–Crippen MR) is 107 cm³/mol. The molecule has 0 N–H and O–H groups in total. The molecule has 2 aromatic rings. The van der Waals surface area contributed by atoms with E-state index in [2.05, 4.69) is 41.9 Å². The molecule has 0 spiro atoms. The van der Waals surface area contributed by atoms with Crippen LogP contribution in [-0.2, 0) is 6.42 Å². The Hall–Kier alpha value is -2.34. The molecule has 150 valence electrons. The van der Waals surface area contributed by atoms with Crippen molar-refractivity contribution in [2.75, 3.05) is 33.4 Å². The molecule has 3 atom stereocenters. The van der Waals surface area contributed by atoms with E-state index >= 15 is 0 Å². The van der Waals surface area contributed by atoms with E-state index in [0.717, 1.165) is 36.6 Å². The summed E-state index contributed by atoms with van der Waals surface area (Å²) in [5, 5.41) is 0. The molecule has 1 saturated heterocycles. The van der Waals surface area contributed by atoms with E-state index in [1.807, 2.05) is 13.0 Å².